The third kappa shape index (κ3) is 4.00. The van der Waals surface area contributed by atoms with Crippen molar-refractivity contribution < 1.29 is 0 Å². The van der Waals surface area contributed by atoms with Gasteiger partial charge in [-0.1, -0.05) is 71.8 Å². The first-order valence-corrected chi connectivity index (χ1v) is 13.6. The Labute approximate surface area is 234 Å². The quantitative estimate of drug-likeness (QED) is 0.262. The Morgan fingerprint density at radius 1 is 0.700 bits per heavy atom. The van der Waals surface area contributed by atoms with Crippen molar-refractivity contribution >= 4 is 34.6 Å². The smallest absolute Gasteiger partial charge is 0.179 e. The standard InChI is InChI=1S/C34H30N6/c1-21-12-16-25(17-13-21)31-30-24(4)38-40(27-18-14-22(2)15-19-27)33(30)37-34-32(35-26-9-7-8-23(3)20-26)36-28-10-5-6-11-29(28)39(31)34/h5-20,31H,1-4H3,(H,35,36). The monoisotopic (exact) mass is 522 g/mol. The fraction of sp³-hybridized carbons (Fsp3) is 0.147. The van der Waals surface area contributed by atoms with E-state index in [1.807, 2.05) is 10.7 Å². The van der Waals surface area contributed by atoms with Gasteiger partial charge in [0, 0.05) is 11.3 Å². The first-order valence-electron chi connectivity index (χ1n) is 13.6. The van der Waals surface area contributed by atoms with Crippen molar-refractivity contribution in [2.24, 2.45) is 9.98 Å². The maximum Gasteiger partial charge on any atom is 0.179 e. The summed E-state index contributed by atoms with van der Waals surface area (Å²) in [5, 5.41) is 8.64. The molecule has 5 aromatic rings. The number of benzene rings is 4. The second kappa shape index (κ2) is 9.35. The second-order valence-electron chi connectivity index (χ2n) is 10.6. The van der Waals surface area contributed by atoms with Gasteiger partial charge in [-0.15, -0.1) is 0 Å². The summed E-state index contributed by atoms with van der Waals surface area (Å²) >= 11 is 0. The molecule has 40 heavy (non-hydrogen) atoms. The molecule has 6 heteroatoms. The lowest BCUT2D eigenvalue weighted by Crippen LogP contribution is -2.46. The number of aromatic nitrogens is 2. The molecule has 0 radical (unpaired) electrons. The Hall–Kier alpha value is -4.97. The Balaban J connectivity index is 1.49. The van der Waals surface area contributed by atoms with Gasteiger partial charge in [-0.25, -0.2) is 14.7 Å². The Morgan fingerprint density at radius 3 is 2.17 bits per heavy atom. The van der Waals surface area contributed by atoms with Crippen LogP contribution in [0.5, 0.6) is 0 Å². The largest absolute Gasteiger partial charge is 0.337 e. The molecule has 1 aromatic heterocycles. The lowest BCUT2D eigenvalue weighted by atomic mass is 9.93. The Kier molecular flexibility index (Phi) is 5.63. The van der Waals surface area contributed by atoms with E-state index >= 15 is 0 Å². The van der Waals surface area contributed by atoms with Gasteiger partial charge < -0.3 is 10.2 Å². The first-order chi connectivity index (χ1) is 19.5. The van der Waals surface area contributed by atoms with E-state index in [0.717, 1.165) is 45.7 Å². The third-order valence-corrected chi connectivity index (χ3v) is 7.59. The summed E-state index contributed by atoms with van der Waals surface area (Å²) in [5.41, 5.74) is 10.7. The molecular formula is C34H30N6. The number of nitrogens with zero attached hydrogens (tertiary/aromatic N) is 5. The summed E-state index contributed by atoms with van der Waals surface area (Å²) in [4.78, 5) is 12.7. The molecule has 0 saturated carbocycles. The number of aryl methyl sites for hydroxylation is 4. The lowest BCUT2D eigenvalue weighted by molar-refractivity contribution is 0.815. The van der Waals surface area contributed by atoms with Gasteiger partial charge in [-0.2, -0.15) is 5.10 Å². The van der Waals surface area contributed by atoms with E-state index < -0.39 is 0 Å². The first kappa shape index (κ1) is 24.1. The minimum Gasteiger partial charge on any atom is -0.337 e. The third-order valence-electron chi connectivity index (χ3n) is 7.59. The molecule has 2 aliphatic rings. The van der Waals surface area contributed by atoms with Crippen molar-refractivity contribution in [1.82, 2.24) is 9.78 Å². The molecule has 7 rings (SSSR count). The summed E-state index contributed by atoms with van der Waals surface area (Å²) in [6, 6.07) is 33.7. The van der Waals surface area contributed by atoms with Gasteiger partial charge in [0.05, 0.1) is 28.8 Å². The maximum atomic E-state index is 5.33. The van der Waals surface area contributed by atoms with Crippen molar-refractivity contribution in [3.8, 4) is 5.69 Å². The zero-order valence-electron chi connectivity index (χ0n) is 23.1. The summed E-state index contributed by atoms with van der Waals surface area (Å²) in [6.45, 7) is 8.39. The van der Waals surface area contributed by atoms with Crippen LogP contribution in [0, 0.1) is 27.7 Å². The molecule has 0 saturated heterocycles. The van der Waals surface area contributed by atoms with E-state index in [9.17, 15) is 0 Å². The van der Waals surface area contributed by atoms with Crippen LogP contribution in [0.3, 0.4) is 0 Å². The number of amidine groups is 2. The highest BCUT2D eigenvalue weighted by molar-refractivity contribution is 6.51. The number of rotatable bonds is 3. The van der Waals surface area contributed by atoms with E-state index in [2.05, 4.69) is 129 Å². The molecule has 4 aromatic carbocycles. The molecule has 1 unspecified atom stereocenters. The van der Waals surface area contributed by atoms with Gasteiger partial charge in [0.1, 0.15) is 0 Å². The van der Waals surface area contributed by atoms with E-state index in [0.29, 0.717) is 5.84 Å². The predicted octanol–water partition coefficient (Wildman–Crippen LogP) is 7.90. The SMILES string of the molecule is Cc1ccc(C2c3c(C)nn(-c4ccc(C)cc4)c3N=C3C(Nc4cccc(C)c4)=Nc4ccccc4N32)cc1. The predicted molar refractivity (Wildman–Crippen MR) is 164 cm³/mol. The van der Waals surface area contributed by atoms with Gasteiger partial charge >= 0.3 is 0 Å². The van der Waals surface area contributed by atoms with Crippen molar-refractivity contribution in [3.63, 3.8) is 0 Å². The number of hydrogen-bond donors (Lipinski definition) is 1. The fourth-order valence-corrected chi connectivity index (χ4v) is 5.59. The van der Waals surface area contributed by atoms with Gasteiger partial charge in [-0.3, -0.25) is 0 Å². The molecule has 0 spiro atoms. The number of para-hydroxylation sites is 2. The lowest BCUT2D eigenvalue weighted by Gasteiger charge is -2.40. The Morgan fingerprint density at radius 2 is 1.43 bits per heavy atom. The van der Waals surface area contributed by atoms with E-state index in [-0.39, 0.29) is 6.04 Å². The summed E-state index contributed by atoms with van der Waals surface area (Å²) < 4.78 is 1.97. The van der Waals surface area contributed by atoms with Crippen LogP contribution in [0.25, 0.3) is 5.69 Å². The number of hydrogen-bond acceptors (Lipinski definition) is 5. The van der Waals surface area contributed by atoms with E-state index in [4.69, 9.17) is 15.1 Å². The molecule has 0 aliphatic carbocycles. The minimum atomic E-state index is -0.131. The number of fused-ring (bicyclic) bond motifs is 4. The normalized spacial score (nSPS) is 15.5. The van der Waals surface area contributed by atoms with Crippen molar-refractivity contribution in [3.05, 3.63) is 131 Å². The zero-order valence-corrected chi connectivity index (χ0v) is 23.1. The zero-order chi connectivity index (χ0) is 27.4. The summed E-state index contributed by atoms with van der Waals surface area (Å²) in [6.07, 6.45) is 0. The van der Waals surface area contributed by atoms with Crippen LogP contribution in [-0.2, 0) is 0 Å². The van der Waals surface area contributed by atoms with Crippen LogP contribution in [0.4, 0.5) is 22.9 Å². The number of nitrogens with one attached hydrogen (secondary N) is 1. The summed E-state index contributed by atoms with van der Waals surface area (Å²) in [7, 11) is 0. The molecule has 2 aliphatic heterocycles. The molecule has 0 fully saturated rings. The van der Waals surface area contributed by atoms with Gasteiger partial charge in [0.25, 0.3) is 0 Å². The number of anilines is 2. The maximum absolute atomic E-state index is 5.33. The van der Waals surface area contributed by atoms with E-state index in [1.54, 1.807) is 0 Å². The van der Waals surface area contributed by atoms with Gasteiger partial charge in [0.15, 0.2) is 17.5 Å². The highest BCUT2D eigenvalue weighted by Gasteiger charge is 2.41. The fourth-order valence-electron chi connectivity index (χ4n) is 5.59. The number of aliphatic imine (C=N–C) groups is 2. The molecule has 1 atom stereocenters. The minimum absolute atomic E-state index is 0.131. The van der Waals surface area contributed by atoms with Crippen LogP contribution in [0.2, 0.25) is 0 Å². The summed E-state index contributed by atoms with van der Waals surface area (Å²) in [5.74, 6) is 2.31. The average Bonchev–Trinajstić information content (AvgIpc) is 3.29. The topological polar surface area (TPSA) is 57.8 Å². The van der Waals surface area contributed by atoms with Crippen molar-refractivity contribution in [2.45, 2.75) is 33.7 Å². The molecule has 3 heterocycles. The van der Waals surface area contributed by atoms with Crippen molar-refractivity contribution in [1.29, 1.82) is 0 Å². The van der Waals surface area contributed by atoms with Crippen LogP contribution in [0.15, 0.2) is 107 Å². The highest BCUT2D eigenvalue weighted by atomic mass is 15.4. The Bertz CT molecular complexity index is 1810. The van der Waals surface area contributed by atoms with Gasteiger partial charge in [0.2, 0.25) is 0 Å². The molecule has 1 N–H and O–H groups in total. The van der Waals surface area contributed by atoms with Crippen LogP contribution in [0.1, 0.15) is 39.6 Å². The molecule has 196 valence electrons. The second-order valence-corrected chi connectivity index (χ2v) is 10.6. The van der Waals surface area contributed by atoms with E-state index in [1.165, 1.54) is 22.3 Å². The van der Waals surface area contributed by atoms with Gasteiger partial charge in [-0.05, 0) is 75.2 Å². The van der Waals surface area contributed by atoms with Crippen LogP contribution >= 0.6 is 0 Å². The molecule has 0 amide bonds. The van der Waals surface area contributed by atoms with Crippen LogP contribution < -0.4 is 10.2 Å². The van der Waals surface area contributed by atoms with Crippen molar-refractivity contribution in [2.75, 3.05) is 10.2 Å². The van der Waals surface area contributed by atoms with Crippen LogP contribution in [-0.4, -0.2) is 21.5 Å². The molecule has 0 bridgehead atoms. The average molecular weight is 523 g/mol. The molecule has 6 nitrogen and oxygen atoms in total. The molecular weight excluding hydrogens is 492 g/mol. The highest BCUT2D eigenvalue weighted by Crippen LogP contribution is 2.48.